The van der Waals surface area contributed by atoms with Gasteiger partial charge in [0.2, 0.25) is 0 Å². The summed E-state index contributed by atoms with van der Waals surface area (Å²) in [5, 5.41) is -0.0447. The zero-order chi connectivity index (χ0) is 25.4. The number of H-pyrrole nitrogens is 1. The number of hydrogen-bond donors (Lipinski definition) is 2. The molecule has 0 bridgehead atoms. The first-order valence-corrected chi connectivity index (χ1v) is 12.2. The Kier molecular flexibility index (Phi) is 6.46. The number of aromatic amines is 1. The van der Waals surface area contributed by atoms with Gasteiger partial charge in [0.05, 0.1) is 34.3 Å². The second kappa shape index (κ2) is 9.71. The van der Waals surface area contributed by atoms with Gasteiger partial charge in [0.25, 0.3) is 5.56 Å². The van der Waals surface area contributed by atoms with Gasteiger partial charge < -0.3 is 14.8 Å². The number of benzene rings is 2. The molecule has 10 heteroatoms. The minimum atomic E-state index is -0.628. The molecule has 3 aromatic heterocycles. The van der Waals surface area contributed by atoms with E-state index in [0.717, 1.165) is 30.0 Å². The Morgan fingerprint density at radius 1 is 1.03 bits per heavy atom. The molecule has 0 amide bonds. The molecular formula is C26H28N8OS. The van der Waals surface area contributed by atoms with Gasteiger partial charge >= 0.3 is 0 Å². The highest BCUT2D eigenvalue weighted by Crippen LogP contribution is 2.33. The van der Waals surface area contributed by atoms with Crippen LogP contribution in [0.15, 0.2) is 59.9 Å². The van der Waals surface area contributed by atoms with Crippen LogP contribution in [0.25, 0.3) is 27.8 Å². The highest BCUT2D eigenvalue weighted by atomic mass is 32.1. The fourth-order valence-corrected chi connectivity index (χ4v) is 4.74. The van der Waals surface area contributed by atoms with Gasteiger partial charge in [-0.05, 0) is 44.8 Å². The molecule has 0 fully saturated rings. The number of likely N-dealkylation sites (N-methyl/N-ethyl adjacent to an activating group) is 2. The smallest absolute Gasteiger partial charge is 0.266 e. The third-order valence-electron chi connectivity index (χ3n) is 6.30. The van der Waals surface area contributed by atoms with Crippen LogP contribution in [0.2, 0.25) is 0 Å². The van der Waals surface area contributed by atoms with E-state index < -0.39 is 5.25 Å². The zero-order valence-electron chi connectivity index (χ0n) is 20.7. The quantitative estimate of drug-likeness (QED) is 0.331. The first-order valence-electron chi connectivity index (χ1n) is 11.7. The third kappa shape index (κ3) is 4.22. The van der Waals surface area contributed by atoms with Crippen LogP contribution in [-0.2, 0) is 0 Å². The van der Waals surface area contributed by atoms with Gasteiger partial charge in [-0.3, -0.25) is 9.36 Å². The summed E-state index contributed by atoms with van der Waals surface area (Å²) in [5.74, 6) is 0.470. The number of anilines is 1. The third-order valence-corrected chi connectivity index (χ3v) is 6.77. The molecule has 0 saturated heterocycles. The van der Waals surface area contributed by atoms with Crippen molar-refractivity contribution in [3.8, 4) is 5.69 Å². The summed E-state index contributed by atoms with van der Waals surface area (Å²) < 4.78 is 1.68. The summed E-state index contributed by atoms with van der Waals surface area (Å²) in [4.78, 5) is 39.6. The molecule has 0 aliphatic rings. The van der Waals surface area contributed by atoms with Crippen LogP contribution in [0, 0.1) is 6.92 Å². The molecule has 5 rings (SSSR count). The summed E-state index contributed by atoms with van der Waals surface area (Å²) in [6.45, 7) is 3.59. The Hall–Kier alpha value is -3.76. The summed E-state index contributed by atoms with van der Waals surface area (Å²) in [5.41, 5.74) is 4.79. The minimum Gasteiger partial charge on any atom is -0.372 e. The van der Waals surface area contributed by atoms with Gasteiger partial charge in [-0.15, -0.1) is 0 Å². The SMILES string of the molecule is Cc1cccc2nc(C(S)c3ncnc4[nH]cnc34)n(-c3ccccc3N(C)CCN(C)C)c(=O)c12. The monoisotopic (exact) mass is 500 g/mol. The van der Waals surface area contributed by atoms with E-state index in [0.29, 0.717) is 33.6 Å². The maximum atomic E-state index is 14.2. The Balaban J connectivity index is 1.78. The molecule has 5 aromatic rings. The van der Waals surface area contributed by atoms with Gasteiger partial charge in [0.1, 0.15) is 22.9 Å². The molecule has 0 spiro atoms. The lowest BCUT2D eigenvalue weighted by atomic mass is 10.1. The summed E-state index contributed by atoms with van der Waals surface area (Å²) in [6.07, 6.45) is 3.04. The molecule has 0 radical (unpaired) electrons. The minimum absolute atomic E-state index is 0.145. The number of hydrogen-bond acceptors (Lipinski definition) is 8. The largest absolute Gasteiger partial charge is 0.372 e. The van der Waals surface area contributed by atoms with Crippen LogP contribution in [0.1, 0.15) is 22.3 Å². The molecule has 3 heterocycles. The van der Waals surface area contributed by atoms with E-state index in [2.05, 4.69) is 29.7 Å². The number of rotatable bonds is 7. The maximum Gasteiger partial charge on any atom is 0.266 e. The van der Waals surface area contributed by atoms with Crippen LogP contribution in [-0.4, -0.2) is 68.6 Å². The molecule has 1 unspecified atom stereocenters. The van der Waals surface area contributed by atoms with Crippen molar-refractivity contribution in [3.05, 3.63) is 82.6 Å². The average molecular weight is 501 g/mol. The molecule has 1 atom stereocenters. The molecule has 9 nitrogen and oxygen atoms in total. The molecule has 1 N–H and O–H groups in total. The first-order chi connectivity index (χ1) is 17.4. The molecule has 0 saturated carbocycles. The number of fused-ring (bicyclic) bond motifs is 2. The lowest BCUT2D eigenvalue weighted by Gasteiger charge is -2.26. The van der Waals surface area contributed by atoms with Crippen LogP contribution in [0.5, 0.6) is 0 Å². The number of para-hydroxylation sites is 2. The maximum absolute atomic E-state index is 14.2. The van der Waals surface area contributed by atoms with E-state index in [-0.39, 0.29) is 5.56 Å². The van der Waals surface area contributed by atoms with E-state index in [4.69, 9.17) is 17.6 Å². The second-order valence-electron chi connectivity index (χ2n) is 9.05. The second-order valence-corrected chi connectivity index (χ2v) is 9.57. The van der Waals surface area contributed by atoms with Crippen molar-refractivity contribution in [3.63, 3.8) is 0 Å². The van der Waals surface area contributed by atoms with Gasteiger partial charge in [-0.1, -0.05) is 24.3 Å². The van der Waals surface area contributed by atoms with Crippen LogP contribution < -0.4 is 10.5 Å². The molecule has 2 aromatic carbocycles. The van der Waals surface area contributed by atoms with Crippen molar-refractivity contribution in [2.45, 2.75) is 12.2 Å². The van der Waals surface area contributed by atoms with Crippen LogP contribution in [0.3, 0.4) is 0 Å². The number of nitrogens with one attached hydrogen (secondary N) is 1. The molecule has 36 heavy (non-hydrogen) atoms. The Morgan fingerprint density at radius 3 is 2.64 bits per heavy atom. The Labute approximate surface area is 214 Å². The summed E-state index contributed by atoms with van der Waals surface area (Å²) >= 11 is 4.95. The number of thiol groups is 1. The van der Waals surface area contributed by atoms with E-state index in [9.17, 15) is 4.79 Å². The van der Waals surface area contributed by atoms with Crippen molar-refractivity contribution in [2.24, 2.45) is 0 Å². The van der Waals surface area contributed by atoms with Crippen molar-refractivity contribution in [2.75, 3.05) is 39.1 Å². The normalized spacial score (nSPS) is 12.5. The van der Waals surface area contributed by atoms with E-state index in [1.807, 2.05) is 70.5 Å². The van der Waals surface area contributed by atoms with Crippen molar-refractivity contribution < 1.29 is 0 Å². The number of aromatic nitrogens is 6. The van der Waals surface area contributed by atoms with Gasteiger partial charge in [-0.25, -0.2) is 19.9 Å². The van der Waals surface area contributed by atoms with E-state index in [1.54, 1.807) is 10.9 Å². The highest BCUT2D eigenvalue weighted by molar-refractivity contribution is 7.80. The van der Waals surface area contributed by atoms with Crippen LogP contribution >= 0.6 is 12.6 Å². The number of nitrogens with zero attached hydrogens (tertiary/aromatic N) is 7. The molecular weight excluding hydrogens is 472 g/mol. The fraction of sp³-hybridized carbons (Fsp3) is 0.269. The zero-order valence-corrected chi connectivity index (χ0v) is 21.6. The summed E-state index contributed by atoms with van der Waals surface area (Å²) in [6, 6.07) is 13.6. The Bertz CT molecular complexity index is 1610. The average Bonchev–Trinajstić information content (AvgIpc) is 3.36. The van der Waals surface area contributed by atoms with Crippen molar-refractivity contribution in [1.82, 2.24) is 34.4 Å². The highest BCUT2D eigenvalue weighted by Gasteiger charge is 2.26. The van der Waals surface area contributed by atoms with Crippen LogP contribution in [0.4, 0.5) is 5.69 Å². The first kappa shape index (κ1) is 24.0. The predicted octanol–water partition coefficient (Wildman–Crippen LogP) is 3.38. The molecule has 0 aliphatic carbocycles. The summed E-state index contributed by atoms with van der Waals surface area (Å²) in [7, 11) is 6.12. The molecule has 184 valence electrons. The van der Waals surface area contributed by atoms with E-state index in [1.165, 1.54) is 6.33 Å². The lowest BCUT2D eigenvalue weighted by Crippen LogP contribution is -2.31. The number of imidazole rings is 1. The van der Waals surface area contributed by atoms with Gasteiger partial charge in [0, 0.05) is 20.1 Å². The van der Waals surface area contributed by atoms with Crippen molar-refractivity contribution in [1.29, 1.82) is 0 Å². The van der Waals surface area contributed by atoms with Crippen molar-refractivity contribution >= 4 is 40.4 Å². The fourth-order valence-electron chi connectivity index (χ4n) is 4.38. The molecule has 0 aliphatic heterocycles. The topological polar surface area (TPSA) is 95.8 Å². The number of aryl methyl sites for hydroxylation is 1. The van der Waals surface area contributed by atoms with E-state index >= 15 is 0 Å². The lowest BCUT2D eigenvalue weighted by molar-refractivity contribution is 0.416. The standard InChI is InChI=1S/C26H28N8OS/c1-16-8-7-9-17-20(16)26(35)34(19-11-6-5-10-18(19)33(4)13-12-32(2)3)25(31-17)23(36)21-22-24(29-14-27-21)30-15-28-22/h5-11,14-15,23,36H,12-13H2,1-4H3,(H,27,28,29,30). The van der Waals surface area contributed by atoms with Gasteiger partial charge in [0.15, 0.2) is 5.65 Å². The Morgan fingerprint density at radius 2 is 1.83 bits per heavy atom. The predicted molar refractivity (Wildman–Crippen MR) is 146 cm³/mol. The van der Waals surface area contributed by atoms with Gasteiger partial charge in [-0.2, -0.15) is 12.6 Å².